The van der Waals surface area contributed by atoms with Crippen LogP contribution in [0.1, 0.15) is 22.5 Å². The van der Waals surface area contributed by atoms with E-state index < -0.39 is 0 Å². The summed E-state index contributed by atoms with van der Waals surface area (Å²) in [5.74, 6) is 2.04. The number of benzene rings is 2. The average Bonchev–Trinajstić information content (AvgIpc) is 3.45. The fourth-order valence-corrected chi connectivity index (χ4v) is 5.82. The maximum Gasteiger partial charge on any atom is 0.117 e. The Bertz CT molecular complexity index is 981. The molecule has 3 heterocycles. The average molecular weight is 430 g/mol. The molecule has 0 unspecified atom stereocenters. The van der Waals surface area contributed by atoms with E-state index in [1.165, 1.54) is 11.1 Å². The summed E-state index contributed by atoms with van der Waals surface area (Å²) in [7, 11) is 0. The summed E-state index contributed by atoms with van der Waals surface area (Å²) in [6.07, 6.45) is 1.97. The lowest BCUT2D eigenvalue weighted by Crippen LogP contribution is -2.08. The van der Waals surface area contributed by atoms with Gasteiger partial charge in [-0.1, -0.05) is 66.7 Å². The van der Waals surface area contributed by atoms with E-state index in [1.807, 2.05) is 23.5 Å². The van der Waals surface area contributed by atoms with E-state index in [1.54, 1.807) is 0 Å². The second-order valence-electron chi connectivity index (χ2n) is 7.59. The number of thioether (sulfide) groups is 2. The monoisotopic (exact) mass is 429 g/mol. The van der Waals surface area contributed by atoms with E-state index >= 15 is 0 Å². The quantitative estimate of drug-likeness (QED) is 0.534. The predicted octanol–water partition coefficient (Wildman–Crippen LogP) is 5.29. The van der Waals surface area contributed by atoms with Gasteiger partial charge in [-0.25, -0.2) is 4.98 Å². The van der Waals surface area contributed by atoms with Gasteiger partial charge in [0.25, 0.3) is 0 Å². The minimum absolute atomic E-state index is 0.325. The first-order valence-electron chi connectivity index (χ1n) is 10.3. The molecular weight excluding hydrogens is 406 g/mol. The minimum atomic E-state index is 0.325. The van der Waals surface area contributed by atoms with E-state index in [9.17, 15) is 0 Å². The molecule has 0 aliphatic carbocycles. The standard InChI is InChI=1S/C25H23N3S2/c1-3-8-18(9-4-1)14-20-16-29-24(26-20)22-12-7-13-23(28-22)25-27-21(17-30-25)15-19-10-5-2-6-11-19/h1-13,20-21H,14-17H2/t20-,21-/m1/s1. The zero-order valence-corrected chi connectivity index (χ0v) is 18.3. The molecule has 0 radical (unpaired) electrons. The summed E-state index contributed by atoms with van der Waals surface area (Å²) >= 11 is 3.63. The molecule has 0 saturated carbocycles. The summed E-state index contributed by atoms with van der Waals surface area (Å²) < 4.78 is 0. The lowest BCUT2D eigenvalue weighted by molar-refractivity contribution is 0.762. The van der Waals surface area contributed by atoms with Gasteiger partial charge in [-0.05, 0) is 36.1 Å². The van der Waals surface area contributed by atoms with Crippen LogP contribution in [0.25, 0.3) is 0 Å². The van der Waals surface area contributed by atoms with Crippen LogP contribution in [0.4, 0.5) is 0 Å². The lowest BCUT2D eigenvalue weighted by atomic mass is 10.1. The second-order valence-corrected chi connectivity index (χ2v) is 9.60. The first-order chi connectivity index (χ1) is 14.8. The Morgan fingerprint density at radius 1 is 0.600 bits per heavy atom. The van der Waals surface area contributed by atoms with Crippen LogP contribution < -0.4 is 0 Å². The summed E-state index contributed by atoms with van der Waals surface area (Å²) in [6, 6.07) is 28.1. The van der Waals surface area contributed by atoms with Gasteiger partial charge in [0, 0.05) is 11.5 Å². The first kappa shape index (κ1) is 19.6. The van der Waals surface area contributed by atoms with Crippen molar-refractivity contribution >= 4 is 33.6 Å². The normalized spacial score (nSPS) is 20.8. The van der Waals surface area contributed by atoms with Crippen LogP contribution in [-0.2, 0) is 12.8 Å². The van der Waals surface area contributed by atoms with Crippen LogP contribution in [0.3, 0.4) is 0 Å². The maximum absolute atomic E-state index is 4.96. The maximum atomic E-state index is 4.96. The molecule has 5 heteroatoms. The number of aromatic nitrogens is 1. The molecule has 2 aromatic carbocycles. The van der Waals surface area contributed by atoms with Crippen LogP contribution in [0.2, 0.25) is 0 Å². The molecule has 1 aromatic heterocycles. The highest BCUT2D eigenvalue weighted by atomic mass is 32.2. The Labute approximate surface area is 186 Å². The van der Waals surface area contributed by atoms with Gasteiger partial charge in [0.05, 0.1) is 23.5 Å². The van der Waals surface area contributed by atoms with Crippen LogP contribution >= 0.6 is 23.5 Å². The first-order valence-corrected chi connectivity index (χ1v) is 12.3. The molecule has 0 amide bonds. The Kier molecular flexibility index (Phi) is 6.00. The highest BCUT2D eigenvalue weighted by Crippen LogP contribution is 2.27. The highest BCUT2D eigenvalue weighted by molar-refractivity contribution is 8.15. The number of pyridine rings is 1. The minimum Gasteiger partial charge on any atom is -0.272 e. The Balaban J connectivity index is 1.29. The van der Waals surface area contributed by atoms with Gasteiger partial charge in [-0.15, -0.1) is 23.5 Å². The third-order valence-corrected chi connectivity index (χ3v) is 7.52. The fraction of sp³-hybridized carbons (Fsp3) is 0.240. The third-order valence-electron chi connectivity index (χ3n) is 5.24. The summed E-state index contributed by atoms with van der Waals surface area (Å²) in [6.45, 7) is 0. The molecule has 0 bridgehead atoms. The van der Waals surface area contributed by atoms with Crippen molar-refractivity contribution in [1.29, 1.82) is 0 Å². The Morgan fingerprint density at radius 3 is 1.53 bits per heavy atom. The number of hydrogen-bond donors (Lipinski definition) is 0. The van der Waals surface area contributed by atoms with Crippen LogP contribution in [0.15, 0.2) is 88.8 Å². The molecular formula is C25H23N3S2. The lowest BCUT2D eigenvalue weighted by Gasteiger charge is -2.05. The van der Waals surface area contributed by atoms with Gasteiger partial charge < -0.3 is 0 Å². The van der Waals surface area contributed by atoms with E-state index in [0.29, 0.717) is 12.1 Å². The molecule has 0 N–H and O–H groups in total. The number of nitrogens with zero attached hydrogens (tertiary/aromatic N) is 3. The molecule has 0 spiro atoms. The zero-order chi connectivity index (χ0) is 20.2. The van der Waals surface area contributed by atoms with Crippen molar-refractivity contribution in [3.05, 3.63) is 101 Å². The molecule has 2 aliphatic rings. The second kappa shape index (κ2) is 9.19. The van der Waals surface area contributed by atoms with Crippen LogP contribution in [-0.4, -0.2) is 38.7 Å². The summed E-state index contributed by atoms with van der Waals surface area (Å²) in [4.78, 5) is 14.8. The molecule has 30 heavy (non-hydrogen) atoms. The van der Waals surface area contributed by atoms with E-state index in [4.69, 9.17) is 15.0 Å². The molecule has 3 nitrogen and oxygen atoms in total. The fourth-order valence-electron chi connectivity index (χ4n) is 3.77. The van der Waals surface area contributed by atoms with Crippen LogP contribution in [0, 0.1) is 0 Å². The van der Waals surface area contributed by atoms with Crippen molar-refractivity contribution in [3.8, 4) is 0 Å². The van der Waals surface area contributed by atoms with Crippen molar-refractivity contribution in [3.63, 3.8) is 0 Å². The van der Waals surface area contributed by atoms with E-state index in [-0.39, 0.29) is 0 Å². The Hall–Kier alpha value is -2.37. The third kappa shape index (κ3) is 4.68. The molecule has 0 fully saturated rings. The number of hydrogen-bond acceptors (Lipinski definition) is 5. The summed E-state index contributed by atoms with van der Waals surface area (Å²) in [5, 5.41) is 2.12. The molecule has 2 aliphatic heterocycles. The predicted molar refractivity (Wildman–Crippen MR) is 130 cm³/mol. The van der Waals surface area contributed by atoms with E-state index in [2.05, 4.69) is 78.9 Å². The topological polar surface area (TPSA) is 37.6 Å². The molecule has 5 rings (SSSR count). The van der Waals surface area contributed by atoms with Crippen molar-refractivity contribution in [2.45, 2.75) is 24.9 Å². The molecule has 150 valence electrons. The van der Waals surface area contributed by atoms with Crippen molar-refractivity contribution in [2.24, 2.45) is 9.98 Å². The SMILES string of the molecule is c1ccc(C[C@@H]2CSC(c3cccc(C4=N[C@H](Cc5ccccc5)CS4)n3)=N2)cc1. The molecule has 0 saturated heterocycles. The highest BCUT2D eigenvalue weighted by Gasteiger charge is 2.23. The number of rotatable bonds is 6. The molecule has 2 atom stereocenters. The van der Waals surface area contributed by atoms with Crippen molar-refractivity contribution in [1.82, 2.24) is 4.98 Å². The molecule has 3 aromatic rings. The van der Waals surface area contributed by atoms with Gasteiger partial charge in [0.15, 0.2) is 0 Å². The summed E-state index contributed by atoms with van der Waals surface area (Å²) in [5.41, 5.74) is 4.64. The van der Waals surface area contributed by atoms with Gasteiger partial charge in [-0.2, -0.15) is 0 Å². The van der Waals surface area contributed by atoms with Crippen molar-refractivity contribution in [2.75, 3.05) is 11.5 Å². The van der Waals surface area contributed by atoms with E-state index in [0.717, 1.165) is 45.8 Å². The largest absolute Gasteiger partial charge is 0.272 e. The number of aliphatic imine (C=N–C) groups is 2. The van der Waals surface area contributed by atoms with Gasteiger partial charge in [0.2, 0.25) is 0 Å². The van der Waals surface area contributed by atoms with Crippen molar-refractivity contribution < 1.29 is 0 Å². The van der Waals surface area contributed by atoms with Gasteiger partial charge in [0.1, 0.15) is 10.1 Å². The van der Waals surface area contributed by atoms with Gasteiger partial charge >= 0.3 is 0 Å². The van der Waals surface area contributed by atoms with Gasteiger partial charge in [-0.3, -0.25) is 9.98 Å². The Morgan fingerprint density at radius 2 is 1.07 bits per heavy atom. The van der Waals surface area contributed by atoms with Crippen LogP contribution in [0.5, 0.6) is 0 Å². The zero-order valence-electron chi connectivity index (χ0n) is 16.6. The smallest absolute Gasteiger partial charge is 0.117 e.